The number of hydrogen-bond acceptors (Lipinski definition) is 0. The van der Waals surface area contributed by atoms with E-state index in [1.165, 1.54) is 48.1 Å². The summed E-state index contributed by atoms with van der Waals surface area (Å²) >= 11 is 0. The van der Waals surface area contributed by atoms with E-state index < -0.39 is 32.3 Å². The van der Waals surface area contributed by atoms with Gasteiger partial charge < -0.3 is 0 Å². The Morgan fingerprint density at radius 1 is 0.815 bits per heavy atom. The summed E-state index contributed by atoms with van der Waals surface area (Å²) in [6.45, 7) is -6.40. The number of halogens is 3. The van der Waals surface area contributed by atoms with Crippen LogP contribution in [0.5, 0.6) is 0 Å². The molecular formula is C23H23F3N+. The Morgan fingerprint density at radius 2 is 1.48 bits per heavy atom. The SMILES string of the molecule is [2H]C([2H])([2H])c1cc(C)c(-c2cc(C([2H])([2H])[2H])c(C([2H])([2H])[2H])c[n+]2C)cc1-c1ccc(C(F)(F)F)cc1. The second-order valence-corrected chi connectivity index (χ2v) is 6.38. The van der Waals surface area contributed by atoms with Crippen molar-refractivity contribution in [1.82, 2.24) is 0 Å². The first-order valence-electron chi connectivity index (χ1n) is 12.6. The zero-order chi connectivity index (χ0) is 27.4. The van der Waals surface area contributed by atoms with E-state index in [9.17, 15) is 13.2 Å². The lowest BCUT2D eigenvalue weighted by atomic mass is 9.92. The Labute approximate surface area is 170 Å². The molecule has 0 atom stereocenters. The molecule has 0 bridgehead atoms. The molecule has 1 nitrogen and oxygen atoms in total. The van der Waals surface area contributed by atoms with Gasteiger partial charge in [-0.25, -0.2) is 4.57 Å². The zero-order valence-corrected chi connectivity index (χ0v) is 14.7. The van der Waals surface area contributed by atoms with Crippen molar-refractivity contribution in [2.45, 2.75) is 33.7 Å². The summed E-state index contributed by atoms with van der Waals surface area (Å²) < 4.78 is 111. The van der Waals surface area contributed by atoms with Crippen molar-refractivity contribution in [2.24, 2.45) is 7.05 Å². The van der Waals surface area contributed by atoms with E-state index in [0.29, 0.717) is 16.8 Å². The van der Waals surface area contributed by atoms with E-state index in [0.717, 1.165) is 12.1 Å². The lowest BCUT2D eigenvalue weighted by Crippen LogP contribution is -2.31. The van der Waals surface area contributed by atoms with Crippen molar-refractivity contribution in [3.63, 3.8) is 0 Å². The maximum atomic E-state index is 13.0. The third-order valence-corrected chi connectivity index (χ3v) is 4.44. The molecule has 0 radical (unpaired) electrons. The molecule has 0 aliphatic carbocycles. The third-order valence-electron chi connectivity index (χ3n) is 4.44. The molecule has 0 aliphatic heterocycles. The molecule has 0 aliphatic rings. The molecule has 0 amide bonds. The number of aromatic nitrogens is 1. The predicted octanol–water partition coefficient (Wildman–Crippen LogP) is 6.10. The van der Waals surface area contributed by atoms with E-state index in [2.05, 4.69) is 0 Å². The molecule has 0 N–H and O–H groups in total. The van der Waals surface area contributed by atoms with Gasteiger partial charge in [0.25, 0.3) is 0 Å². The monoisotopic (exact) mass is 379 g/mol. The highest BCUT2D eigenvalue weighted by atomic mass is 19.4. The Hall–Kier alpha value is -2.62. The first kappa shape index (κ1) is 10.6. The topological polar surface area (TPSA) is 3.88 Å². The first-order valence-corrected chi connectivity index (χ1v) is 8.09. The number of nitrogens with zero attached hydrogens (tertiary/aromatic N) is 1. The Bertz CT molecular complexity index is 1290. The summed E-state index contributed by atoms with van der Waals surface area (Å²) in [6.07, 6.45) is -3.35. The van der Waals surface area contributed by atoms with Crippen LogP contribution in [-0.2, 0) is 13.2 Å². The van der Waals surface area contributed by atoms with Gasteiger partial charge in [0.2, 0.25) is 5.69 Å². The first-order chi connectivity index (χ1) is 16.2. The number of aryl methyl sites for hydroxylation is 5. The van der Waals surface area contributed by atoms with E-state index in [1.807, 2.05) is 0 Å². The van der Waals surface area contributed by atoms with Crippen LogP contribution in [0.15, 0.2) is 48.7 Å². The Morgan fingerprint density at radius 3 is 2.07 bits per heavy atom. The van der Waals surface area contributed by atoms with Gasteiger partial charge in [0, 0.05) is 29.5 Å². The maximum Gasteiger partial charge on any atom is 0.416 e. The summed E-state index contributed by atoms with van der Waals surface area (Å²) in [5.74, 6) is 0. The summed E-state index contributed by atoms with van der Waals surface area (Å²) in [5, 5.41) is 0. The average Bonchev–Trinajstić information content (AvgIpc) is 2.71. The van der Waals surface area contributed by atoms with Crippen LogP contribution in [0.2, 0.25) is 0 Å². The van der Waals surface area contributed by atoms with Crippen LogP contribution < -0.4 is 4.57 Å². The number of hydrogen-bond donors (Lipinski definition) is 0. The Kier molecular flexibility index (Phi) is 2.70. The van der Waals surface area contributed by atoms with Gasteiger partial charge in [-0.15, -0.1) is 0 Å². The molecule has 0 spiro atoms. The predicted molar refractivity (Wildman–Crippen MR) is 102 cm³/mol. The lowest BCUT2D eigenvalue weighted by Gasteiger charge is -2.13. The largest absolute Gasteiger partial charge is 0.416 e. The van der Waals surface area contributed by atoms with Crippen molar-refractivity contribution in [2.75, 3.05) is 0 Å². The molecule has 3 rings (SSSR count). The van der Waals surface area contributed by atoms with Crippen LogP contribution >= 0.6 is 0 Å². The van der Waals surface area contributed by atoms with E-state index in [-0.39, 0.29) is 27.8 Å². The van der Waals surface area contributed by atoms with Crippen molar-refractivity contribution < 1.29 is 30.1 Å². The fraction of sp³-hybridized carbons (Fsp3) is 0.261. The van der Waals surface area contributed by atoms with E-state index >= 15 is 0 Å². The number of benzene rings is 2. The second-order valence-electron chi connectivity index (χ2n) is 6.38. The Balaban J connectivity index is 2.33. The molecule has 0 unspecified atom stereocenters. The van der Waals surface area contributed by atoms with Crippen molar-refractivity contribution in [1.29, 1.82) is 0 Å². The van der Waals surface area contributed by atoms with Gasteiger partial charge in [0.15, 0.2) is 6.20 Å². The number of rotatable bonds is 2. The van der Waals surface area contributed by atoms with Crippen LogP contribution in [-0.4, -0.2) is 0 Å². The standard InChI is InChI=1S/C23H23F3N/c1-14-11-22(27(5)13-17(14)4)21-12-20(15(2)10-16(21)3)18-6-8-19(9-7-18)23(24,25)26/h6-13H,1-5H3/q+1/i1D3,2D3,4D3. The van der Waals surface area contributed by atoms with Crippen LogP contribution in [0.25, 0.3) is 22.4 Å². The lowest BCUT2D eigenvalue weighted by molar-refractivity contribution is -0.660. The molecule has 3 aromatic rings. The summed E-state index contributed by atoms with van der Waals surface area (Å²) in [5.41, 5.74) is -0.123. The molecule has 0 saturated carbocycles. The second kappa shape index (κ2) is 6.84. The van der Waals surface area contributed by atoms with Gasteiger partial charge in [-0.2, -0.15) is 13.2 Å². The van der Waals surface area contributed by atoms with E-state index in [1.54, 1.807) is 6.92 Å². The van der Waals surface area contributed by atoms with Gasteiger partial charge in [-0.05, 0) is 73.5 Å². The average molecular weight is 379 g/mol. The molecular weight excluding hydrogens is 347 g/mol. The molecule has 27 heavy (non-hydrogen) atoms. The molecule has 140 valence electrons. The van der Waals surface area contributed by atoms with Crippen molar-refractivity contribution in [3.8, 4) is 22.4 Å². The zero-order valence-electron chi connectivity index (χ0n) is 23.7. The maximum absolute atomic E-state index is 13.0. The quantitative estimate of drug-likeness (QED) is 0.474. The molecule has 2 aromatic carbocycles. The van der Waals surface area contributed by atoms with Gasteiger partial charge in [-0.3, -0.25) is 0 Å². The van der Waals surface area contributed by atoms with Gasteiger partial charge in [0.05, 0.1) is 5.56 Å². The minimum atomic E-state index is -4.56. The van der Waals surface area contributed by atoms with Crippen molar-refractivity contribution >= 4 is 0 Å². The molecule has 1 heterocycles. The van der Waals surface area contributed by atoms with Gasteiger partial charge in [-0.1, -0.05) is 18.2 Å². The number of pyridine rings is 1. The molecule has 0 fully saturated rings. The normalized spacial score (nSPS) is 18.0. The fourth-order valence-electron chi connectivity index (χ4n) is 2.98. The third kappa shape index (κ3) is 3.75. The minimum Gasteiger partial charge on any atom is -0.201 e. The number of alkyl halides is 3. The van der Waals surface area contributed by atoms with Crippen molar-refractivity contribution in [3.05, 3.63) is 76.5 Å². The van der Waals surface area contributed by atoms with Crippen LogP contribution in [0, 0.1) is 27.5 Å². The summed E-state index contributed by atoms with van der Waals surface area (Å²) in [4.78, 5) is 0. The highest BCUT2D eigenvalue weighted by Crippen LogP contribution is 2.34. The fourth-order valence-corrected chi connectivity index (χ4v) is 2.98. The molecule has 4 heteroatoms. The smallest absolute Gasteiger partial charge is 0.201 e. The highest BCUT2D eigenvalue weighted by Gasteiger charge is 2.30. The summed E-state index contributed by atoms with van der Waals surface area (Å²) in [6, 6.07) is 8.18. The highest BCUT2D eigenvalue weighted by molar-refractivity contribution is 5.76. The molecule has 0 saturated heterocycles. The van der Waals surface area contributed by atoms with Crippen LogP contribution in [0.1, 0.15) is 40.2 Å². The summed E-state index contributed by atoms with van der Waals surface area (Å²) in [7, 11) is 1.53. The van der Waals surface area contributed by atoms with Crippen LogP contribution in [0.4, 0.5) is 13.2 Å². The molecule has 1 aromatic heterocycles. The minimum absolute atomic E-state index is 0.0821. The van der Waals surface area contributed by atoms with Gasteiger partial charge >= 0.3 is 6.18 Å². The van der Waals surface area contributed by atoms with Crippen LogP contribution in [0.3, 0.4) is 0 Å². The van der Waals surface area contributed by atoms with Gasteiger partial charge in [0.1, 0.15) is 7.05 Å². The van der Waals surface area contributed by atoms with E-state index in [4.69, 9.17) is 12.3 Å².